The molecule has 0 spiro atoms. The molecule has 0 bridgehead atoms. The number of rotatable bonds is 11. The zero-order valence-electron chi connectivity index (χ0n) is 16.9. The van der Waals surface area contributed by atoms with Crippen molar-refractivity contribution in [1.82, 2.24) is 0 Å². The fraction of sp³-hybridized carbons (Fsp3) is 0.500. The van der Waals surface area contributed by atoms with Crippen molar-refractivity contribution in [2.75, 3.05) is 26.1 Å². The molecule has 1 aromatic rings. The second kappa shape index (κ2) is 11.6. The summed E-state index contributed by atoms with van der Waals surface area (Å²) in [6, 6.07) is 1.83. The predicted octanol–water partition coefficient (Wildman–Crippen LogP) is 2.15. The van der Waals surface area contributed by atoms with E-state index < -0.39 is 58.1 Å². The lowest BCUT2D eigenvalue weighted by molar-refractivity contribution is -0.157. The van der Waals surface area contributed by atoms with Crippen LogP contribution in [0.4, 0.5) is 14.5 Å². The monoisotopic (exact) mass is 451 g/mol. The van der Waals surface area contributed by atoms with Crippen molar-refractivity contribution in [2.45, 2.75) is 26.9 Å². The summed E-state index contributed by atoms with van der Waals surface area (Å²) in [7, 11) is -3.79. The molecule has 12 heteroatoms. The molecular formula is C18H23F2NO8S. The lowest BCUT2D eigenvalue weighted by Gasteiger charge is -2.15. The minimum atomic E-state index is -3.79. The Morgan fingerprint density at radius 2 is 1.70 bits per heavy atom. The Labute approximate surface area is 173 Å². The average Bonchev–Trinajstić information content (AvgIpc) is 2.63. The van der Waals surface area contributed by atoms with Crippen LogP contribution in [0.5, 0.6) is 5.75 Å². The van der Waals surface area contributed by atoms with Crippen LogP contribution in [-0.4, -0.2) is 58.8 Å². The number of hydrogen-bond donors (Lipinski definition) is 0. The standard InChI is InChI=1S/C18H23F2NO8S/c1-5-26-17(22)12(18(23)27-6-2)9-21-14-8-7-13(19)15(20)16(14)28-10-11(3)29-30(4,24)25/h7-9,11-12H,5-6,10H2,1-4H3. The molecule has 168 valence electrons. The van der Waals surface area contributed by atoms with Crippen molar-refractivity contribution in [2.24, 2.45) is 10.9 Å². The van der Waals surface area contributed by atoms with Gasteiger partial charge in [-0.15, -0.1) is 0 Å². The lowest BCUT2D eigenvalue weighted by atomic mass is 10.1. The Kier molecular flexibility index (Phi) is 9.79. The molecule has 0 saturated carbocycles. The number of aliphatic imine (C=N–C) groups is 1. The van der Waals surface area contributed by atoms with Gasteiger partial charge in [-0.3, -0.25) is 18.8 Å². The minimum absolute atomic E-state index is 0.000338. The highest BCUT2D eigenvalue weighted by atomic mass is 32.2. The normalized spacial score (nSPS) is 12.8. The molecule has 0 aliphatic heterocycles. The molecule has 0 aliphatic rings. The van der Waals surface area contributed by atoms with Gasteiger partial charge in [0.25, 0.3) is 10.1 Å². The van der Waals surface area contributed by atoms with Gasteiger partial charge < -0.3 is 14.2 Å². The maximum atomic E-state index is 14.2. The van der Waals surface area contributed by atoms with Crippen molar-refractivity contribution in [3.63, 3.8) is 0 Å². The maximum absolute atomic E-state index is 14.2. The quantitative estimate of drug-likeness (QED) is 0.217. The molecule has 0 radical (unpaired) electrons. The van der Waals surface area contributed by atoms with Crippen LogP contribution in [0.2, 0.25) is 0 Å². The number of ether oxygens (including phenoxy) is 3. The molecule has 1 atom stereocenters. The van der Waals surface area contributed by atoms with Crippen LogP contribution in [-0.2, 0) is 33.4 Å². The molecule has 1 aromatic carbocycles. The van der Waals surface area contributed by atoms with Crippen LogP contribution in [0, 0.1) is 17.6 Å². The van der Waals surface area contributed by atoms with Crippen LogP contribution in [0.15, 0.2) is 17.1 Å². The third kappa shape index (κ3) is 8.03. The molecule has 9 nitrogen and oxygen atoms in total. The third-order valence-corrected chi connectivity index (χ3v) is 3.95. The van der Waals surface area contributed by atoms with Gasteiger partial charge in [-0.05, 0) is 32.9 Å². The highest BCUT2D eigenvalue weighted by Gasteiger charge is 2.28. The van der Waals surface area contributed by atoms with E-state index >= 15 is 0 Å². The number of hydrogen-bond acceptors (Lipinski definition) is 9. The van der Waals surface area contributed by atoms with E-state index in [0.717, 1.165) is 24.6 Å². The summed E-state index contributed by atoms with van der Waals surface area (Å²) in [4.78, 5) is 27.8. The Balaban J connectivity index is 3.16. The molecule has 0 aliphatic carbocycles. The highest BCUT2D eigenvalue weighted by molar-refractivity contribution is 7.86. The second-order valence-corrected chi connectivity index (χ2v) is 7.49. The molecule has 0 fully saturated rings. The van der Waals surface area contributed by atoms with Crippen molar-refractivity contribution >= 4 is 34.0 Å². The van der Waals surface area contributed by atoms with Gasteiger partial charge in [-0.1, -0.05) is 0 Å². The predicted molar refractivity (Wildman–Crippen MR) is 102 cm³/mol. The Morgan fingerprint density at radius 1 is 1.13 bits per heavy atom. The van der Waals surface area contributed by atoms with E-state index in [1.807, 2.05) is 0 Å². The Hall–Kier alpha value is -2.60. The van der Waals surface area contributed by atoms with E-state index in [1.165, 1.54) is 20.8 Å². The number of esters is 2. The Bertz CT molecular complexity index is 870. The summed E-state index contributed by atoms with van der Waals surface area (Å²) in [5.74, 6) is -6.67. The summed E-state index contributed by atoms with van der Waals surface area (Å²) in [5.41, 5.74) is -0.251. The maximum Gasteiger partial charge on any atom is 0.325 e. The molecule has 0 saturated heterocycles. The highest BCUT2D eigenvalue weighted by Crippen LogP contribution is 2.32. The van der Waals surface area contributed by atoms with E-state index in [2.05, 4.69) is 9.18 Å². The summed E-state index contributed by atoms with van der Waals surface area (Å²) in [5, 5.41) is 0. The summed E-state index contributed by atoms with van der Waals surface area (Å²) >= 11 is 0. The van der Waals surface area contributed by atoms with Gasteiger partial charge in [-0.2, -0.15) is 12.8 Å². The minimum Gasteiger partial charge on any atom is -0.485 e. The van der Waals surface area contributed by atoms with E-state index in [-0.39, 0.29) is 18.9 Å². The third-order valence-electron chi connectivity index (χ3n) is 3.27. The molecular weight excluding hydrogens is 428 g/mol. The van der Waals surface area contributed by atoms with Crippen molar-refractivity contribution in [3.8, 4) is 5.75 Å². The van der Waals surface area contributed by atoms with Gasteiger partial charge in [0, 0.05) is 6.21 Å². The summed E-state index contributed by atoms with van der Waals surface area (Å²) in [6.07, 6.45) is 0.685. The molecule has 0 aromatic heterocycles. The summed E-state index contributed by atoms with van der Waals surface area (Å²) < 4.78 is 69.5. The van der Waals surface area contributed by atoms with E-state index in [4.69, 9.17) is 14.2 Å². The van der Waals surface area contributed by atoms with E-state index in [0.29, 0.717) is 0 Å². The smallest absolute Gasteiger partial charge is 0.325 e. The second-order valence-electron chi connectivity index (χ2n) is 5.89. The fourth-order valence-electron chi connectivity index (χ4n) is 2.12. The molecule has 0 heterocycles. The van der Waals surface area contributed by atoms with Crippen LogP contribution in [0.3, 0.4) is 0 Å². The first-order chi connectivity index (χ1) is 14.0. The van der Waals surface area contributed by atoms with Gasteiger partial charge in [-0.25, -0.2) is 4.39 Å². The first-order valence-corrected chi connectivity index (χ1v) is 10.7. The largest absolute Gasteiger partial charge is 0.485 e. The first kappa shape index (κ1) is 25.4. The van der Waals surface area contributed by atoms with Crippen LogP contribution in [0.1, 0.15) is 20.8 Å². The van der Waals surface area contributed by atoms with Crippen molar-refractivity contribution < 1.29 is 45.2 Å². The number of benzene rings is 1. The van der Waals surface area contributed by atoms with Gasteiger partial charge >= 0.3 is 11.9 Å². The molecule has 1 rings (SSSR count). The molecule has 0 N–H and O–H groups in total. The average molecular weight is 451 g/mol. The zero-order chi connectivity index (χ0) is 22.9. The number of carbonyl (C=O) groups is 2. The molecule has 0 amide bonds. The van der Waals surface area contributed by atoms with Gasteiger partial charge in [0.2, 0.25) is 5.82 Å². The van der Waals surface area contributed by atoms with Crippen LogP contribution in [0.25, 0.3) is 0 Å². The zero-order valence-corrected chi connectivity index (χ0v) is 17.7. The van der Waals surface area contributed by atoms with Gasteiger partial charge in [0.15, 0.2) is 17.5 Å². The summed E-state index contributed by atoms with van der Waals surface area (Å²) in [6.45, 7) is 3.98. The van der Waals surface area contributed by atoms with E-state index in [9.17, 15) is 26.8 Å². The number of halogens is 2. The number of carbonyl (C=O) groups excluding carboxylic acids is 2. The van der Waals surface area contributed by atoms with Gasteiger partial charge in [0.05, 0.1) is 19.5 Å². The molecule has 1 unspecified atom stereocenters. The topological polar surface area (TPSA) is 118 Å². The van der Waals surface area contributed by atoms with Crippen LogP contribution >= 0.6 is 0 Å². The van der Waals surface area contributed by atoms with Crippen LogP contribution < -0.4 is 4.74 Å². The van der Waals surface area contributed by atoms with E-state index in [1.54, 1.807) is 0 Å². The lowest BCUT2D eigenvalue weighted by Crippen LogP contribution is -2.29. The number of nitrogens with zero attached hydrogens (tertiary/aromatic N) is 1. The Morgan fingerprint density at radius 3 is 2.20 bits per heavy atom. The molecule has 30 heavy (non-hydrogen) atoms. The first-order valence-electron chi connectivity index (χ1n) is 8.86. The van der Waals surface area contributed by atoms with Gasteiger partial charge in [0.1, 0.15) is 18.4 Å². The SMILES string of the molecule is CCOC(=O)C(C=Nc1ccc(F)c(F)c1OCC(C)OS(C)(=O)=O)C(=O)OCC. The van der Waals surface area contributed by atoms with Crippen molar-refractivity contribution in [3.05, 3.63) is 23.8 Å². The fourth-order valence-corrected chi connectivity index (χ4v) is 2.78. The van der Waals surface area contributed by atoms with Crippen molar-refractivity contribution in [1.29, 1.82) is 0 Å².